The van der Waals surface area contributed by atoms with Crippen molar-refractivity contribution in [2.45, 2.75) is 34.2 Å². The second kappa shape index (κ2) is 7.00. The summed E-state index contributed by atoms with van der Waals surface area (Å²) >= 11 is 0. The fraction of sp³-hybridized carbons (Fsp3) is 0.217. The summed E-state index contributed by atoms with van der Waals surface area (Å²) in [6, 6.07) is 13.6. The zero-order valence-electron chi connectivity index (χ0n) is 16.6. The van der Waals surface area contributed by atoms with Gasteiger partial charge in [0.25, 0.3) is 0 Å². The maximum atomic E-state index is 11.8. The van der Waals surface area contributed by atoms with Gasteiger partial charge in [-0.1, -0.05) is 24.3 Å². The number of imidazole rings is 1. The molecule has 0 fully saturated rings. The van der Waals surface area contributed by atoms with Gasteiger partial charge in [-0.15, -0.1) is 0 Å². The van der Waals surface area contributed by atoms with E-state index < -0.39 is 0 Å². The van der Waals surface area contributed by atoms with Crippen molar-refractivity contribution in [3.63, 3.8) is 0 Å². The van der Waals surface area contributed by atoms with Crippen LogP contribution in [0.4, 0.5) is 5.69 Å². The van der Waals surface area contributed by atoms with Gasteiger partial charge in [-0.05, 0) is 56.5 Å². The zero-order valence-corrected chi connectivity index (χ0v) is 16.6. The molecule has 0 amide bonds. The summed E-state index contributed by atoms with van der Waals surface area (Å²) < 4.78 is 2.09. The van der Waals surface area contributed by atoms with Crippen LogP contribution >= 0.6 is 0 Å². The monoisotopic (exact) mass is 372 g/mol. The number of aromatic nitrogens is 3. The summed E-state index contributed by atoms with van der Waals surface area (Å²) in [5.74, 6) is 0. The van der Waals surface area contributed by atoms with Crippen molar-refractivity contribution in [1.29, 1.82) is 0 Å². The molecule has 0 unspecified atom stereocenters. The molecule has 0 bridgehead atoms. The van der Waals surface area contributed by atoms with Gasteiger partial charge in [-0.2, -0.15) is 0 Å². The fourth-order valence-corrected chi connectivity index (χ4v) is 3.58. The van der Waals surface area contributed by atoms with Crippen LogP contribution < -0.4 is 10.9 Å². The number of aryl methyl sites for hydroxylation is 4. The number of nitrogens with one attached hydrogen (secondary N) is 2. The molecule has 0 aliphatic carbocycles. The summed E-state index contributed by atoms with van der Waals surface area (Å²) in [6.07, 6.45) is 2.03. The summed E-state index contributed by atoms with van der Waals surface area (Å²) in [6.45, 7) is 9.06. The highest BCUT2D eigenvalue weighted by Gasteiger charge is 2.13. The fourth-order valence-electron chi connectivity index (χ4n) is 3.58. The minimum absolute atomic E-state index is 0.110. The van der Waals surface area contributed by atoms with Crippen molar-refractivity contribution >= 4 is 11.3 Å². The predicted octanol–water partition coefficient (Wildman–Crippen LogP) is 4.54. The standard InChI is InChI=1S/C23H24N4O/c1-14-7-5-8-15(2)19(14)12-24-21-11-18(20-9-6-10-22(28)26-20)13-27-17(4)16(3)25-23(21)27/h5-11,13,24H,12H2,1-4H3,(H,26,28). The lowest BCUT2D eigenvalue weighted by Gasteiger charge is -2.14. The Kier molecular flexibility index (Phi) is 4.51. The van der Waals surface area contributed by atoms with E-state index in [1.54, 1.807) is 6.07 Å². The normalized spacial score (nSPS) is 11.1. The average Bonchev–Trinajstić information content (AvgIpc) is 2.96. The van der Waals surface area contributed by atoms with Gasteiger partial charge in [0, 0.05) is 35.8 Å². The summed E-state index contributed by atoms with van der Waals surface area (Å²) in [4.78, 5) is 19.4. The molecular weight excluding hydrogens is 348 g/mol. The van der Waals surface area contributed by atoms with Gasteiger partial charge in [0.15, 0.2) is 5.65 Å². The third-order valence-corrected chi connectivity index (χ3v) is 5.38. The highest BCUT2D eigenvalue weighted by Crippen LogP contribution is 2.27. The van der Waals surface area contributed by atoms with Gasteiger partial charge < -0.3 is 14.7 Å². The zero-order chi connectivity index (χ0) is 19.8. The number of aromatic amines is 1. The van der Waals surface area contributed by atoms with E-state index in [2.05, 4.69) is 59.7 Å². The minimum Gasteiger partial charge on any atom is -0.378 e. The Bertz CT molecular complexity index is 1210. The third-order valence-electron chi connectivity index (χ3n) is 5.38. The number of pyridine rings is 2. The number of benzene rings is 1. The van der Waals surface area contributed by atoms with Gasteiger partial charge in [-0.3, -0.25) is 4.79 Å². The van der Waals surface area contributed by atoms with Crippen molar-refractivity contribution in [3.05, 3.63) is 87.1 Å². The number of anilines is 1. The molecule has 0 radical (unpaired) electrons. The number of H-pyrrole nitrogens is 1. The van der Waals surface area contributed by atoms with Gasteiger partial charge in [-0.25, -0.2) is 4.98 Å². The molecule has 1 aromatic carbocycles. The number of fused-ring (bicyclic) bond motifs is 1. The molecule has 0 saturated heterocycles. The van der Waals surface area contributed by atoms with E-state index in [4.69, 9.17) is 4.98 Å². The van der Waals surface area contributed by atoms with Crippen LogP contribution in [-0.2, 0) is 6.54 Å². The molecule has 4 aromatic rings. The van der Waals surface area contributed by atoms with Gasteiger partial charge in [0.1, 0.15) is 0 Å². The van der Waals surface area contributed by atoms with Crippen LogP contribution in [0.5, 0.6) is 0 Å². The lowest BCUT2D eigenvalue weighted by atomic mass is 10.0. The van der Waals surface area contributed by atoms with E-state index in [1.807, 2.05) is 19.2 Å². The van der Waals surface area contributed by atoms with E-state index in [9.17, 15) is 4.79 Å². The van der Waals surface area contributed by atoms with E-state index in [-0.39, 0.29) is 5.56 Å². The Labute approximate surface area is 164 Å². The number of hydrogen-bond donors (Lipinski definition) is 2. The first-order chi connectivity index (χ1) is 13.4. The van der Waals surface area contributed by atoms with Gasteiger partial charge in [0.2, 0.25) is 5.56 Å². The lowest BCUT2D eigenvalue weighted by molar-refractivity contribution is 1.06. The first kappa shape index (κ1) is 18.0. The van der Waals surface area contributed by atoms with Gasteiger partial charge in [0.05, 0.1) is 11.4 Å². The Morgan fingerprint density at radius 1 is 1.04 bits per heavy atom. The molecule has 3 aromatic heterocycles. The van der Waals surface area contributed by atoms with Crippen LogP contribution in [0.15, 0.2) is 53.5 Å². The van der Waals surface area contributed by atoms with Crippen LogP contribution in [0.2, 0.25) is 0 Å². The van der Waals surface area contributed by atoms with Crippen LogP contribution in [-0.4, -0.2) is 14.4 Å². The molecule has 0 aliphatic rings. The van der Waals surface area contributed by atoms with Crippen LogP contribution in [0.1, 0.15) is 28.1 Å². The second-order valence-corrected chi connectivity index (χ2v) is 7.27. The average molecular weight is 372 g/mol. The smallest absolute Gasteiger partial charge is 0.248 e. The van der Waals surface area contributed by atoms with E-state index in [0.717, 1.165) is 34.0 Å². The highest BCUT2D eigenvalue weighted by atomic mass is 16.1. The van der Waals surface area contributed by atoms with Crippen molar-refractivity contribution in [2.24, 2.45) is 0 Å². The van der Waals surface area contributed by atoms with Crippen LogP contribution in [0.25, 0.3) is 16.9 Å². The first-order valence-corrected chi connectivity index (χ1v) is 9.42. The van der Waals surface area contributed by atoms with Crippen molar-refractivity contribution in [2.75, 3.05) is 5.32 Å². The van der Waals surface area contributed by atoms with Crippen molar-refractivity contribution in [1.82, 2.24) is 14.4 Å². The molecule has 0 saturated carbocycles. The van der Waals surface area contributed by atoms with Gasteiger partial charge >= 0.3 is 0 Å². The largest absolute Gasteiger partial charge is 0.378 e. The molecule has 5 nitrogen and oxygen atoms in total. The minimum atomic E-state index is -0.110. The molecule has 2 N–H and O–H groups in total. The quantitative estimate of drug-likeness (QED) is 0.553. The first-order valence-electron chi connectivity index (χ1n) is 9.42. The highest BCUT2D eigenvalue weighted by molar-refractivity contribution is 5.76. The van der Waals surface area contributed by atoms with E-state index in [1.165, 1.54) is 22.8 Å². The van der Waals surface area contributed by atoms with Crippen LogP contribution in [0.3, 0.4) is 0 Å². The maximum Gasteiger partial charge on any atom is 0.248 e. The molecule has 4 rings (SSSR count). The second-order valence-electron chi connectivity index (χ2n) is 7.27. The molecule has 28 heavy (non-hydrogen) atoms. The van der Waals surface area contributed by atoms with Crippen LogP contribution in [0, 0.1) is 27.7 Å². The lowest BCUT2D eigenvalue weighted by Crippen LogP contribution is -2.07. The molecular formula is C23H24N4O. The Morgan fingerprint density at radius 3 is 2.46 bits per heavy atom. The topological polar surface area (TPSA) is 62.2 Å². The third kappa shape index (κ3) is 3.20. The number of rotatable bonds is 4. The Hall–Kier alpha value is -3.34. The molecule has 3 heterocycles. The summed E-state index contributed by atoms with van der Waals surface area (Å²) in [7, 11) is 0. The molecule has 5 heteroatoms. The molecule has 0 atom stereocenters. The Balaban J connectivity index is 1.82. The summed E-state index contributed by atoms with van der Waals surface area (Å²) in [5, 5.41) is 3.58. The Morgan fingerprint density at radius 2 is 1.75 bits per heavy atom. The predicted molar refractivity (Wildman–Crippen MR) is 114 cm³/mol. The number of nitrogens with zero attached hydrogens (tertiary/aromatic N) is 2. The SMILES string of the molecule is Cc1cccc(C)c1CNc1cc(-c2cccc(=O)[nH]2)cn2c(C)c(C)nc12. The molecule has 0 spiro atoms. The van der Waals surface area contributed by atoms with E-state index in [0.29, 0.717) is 6.54 Å². The summed E-state index contributed by atoms with van der Waals surface area (Å²) in [5.41, 5.74) is 9.36. The molecule has 0 aliphatic heterocycles. The van der Waals surface area contributed by atoms with Crippen molar-refractivity contribution in [3.8, 4) is 11.3 Å². The van der Waals surface area contributed by atoms with Crippen molar-refractivity contribution < 1.29 is 0 Å². The number of hydrogen-bond acceptors (Lipinski definition) is 3. The maximum absolute atomic E-state index is 11.8. The van der Waals surface area contributed by atoms with E-state index >= 15 is 0 Å². The molecule has 142 valence electrons.